The third-order valence-corrected chi connectivity index (χ3v) is 16.6. The van der Waals surface area contributed by atoms with E-state index in [4.69, 9.17) is 56.8 Å². The topological polar surface area (TPSA) is 240 Å². The van der Waals surface area contributed by atoms with Crippen molar-refractivity contribution in [1.29, 1.82) is 0 Å². The third-order valence-electron chi connectivity index (χ3n) is 16.6. The van der Waals surface area contributed by atoms with Crippen molar-refractivity contribution in [3.05, 3.63) is 70.8 Å². The fraction of sp³-hybridized carbons (Fsp3) is 0.714. The number of rotatable bonds is 56. The molecule has 0 unspecified atom stereocenters. The van der Waals surface area contributed by atoms with Crippen LogP contribution in [0.4, 0.5) is 0 Å². The van der Waals surface area contributed by atoms with Gasteiger partial charge in [-0.3, -0.25) is 0 Å². The van der Waals surface area contributed by atoms with Gasteiger partial charge in [0.25, 0.3) is 0 Å². The van der Waals surface area contributed by atoms with Gasteiger partial charge in [-0.25, -0.2) is 0 Å². The van der Waals surface area contributed by atoms with Gasteiger partial charge in [-0.15, -0.1) is 0 Å². The first-order valence-corrected chi connectivity index (χ1v) is 39.5. The molecule has 0 spiro atoms. The van der Waals surface area contributed by atoms with Crippen LogP contribution >= 0.6 is 0 Å². The molecule has 0 aromatic heterocycles. The standard InChI is InChI=1S/4C21H36O5.Ti/c4*1-6-9-12-23-17-15-18(21(4,5)26-22)20(25-14-11-8-3)19(16-17)24-13-10-7-2;/h4*15-16,22H,6-14H2,1-5H3;/q;;;;+4/p-4. The number of hydrogen-bond acceptors (Lipinski definition) is 20. The van der Waals surface area contributed by atoms with Crippen LogP contribution in [0.1, 0.15) is 315 Å². The number of hydrogen-bond donors (Lipinski definition) is 0. The van der Waals surface area contributed by atoms with Crippen LogP contribution in [0.2, 0.25) is 0 Å². The fourth-order valence-corrected chi connectivity index (χ4v) is 9.55. The maximum Gasteiger partial charge on any atom is 4.00 e. The van der Waals surface area contributed by atoms with E-state index in [-0.39, 0.29) is 21.7 Å². The van der Waals surface area contributed by atoms with Gasteiger partial charge in [0.1, 0.15) is 23.0 Å². The summed E-state index contributed by atoms with van der Waals surface area (Å²) >= 11 is 0. The molecule has 4 aromatic rings. The Bertz CT molecular complexity index is 2440. The van der Waals surface area contributed by atoms with Crippen molar-refractivity contribution < 1.29 is 119 Å². The summed E-state index contributed by atoms with van der Waals surface area (Å²) in [4.78, 5) is 18.0. The van der Waals surface area contributed by atoms with Gasteiger partial charge >= 0.3 is 21.7 Å². The van der Waals surface area contributed by atoms with Crippen molar-refractivity contribution in [3.63, 3.8) is 0 Å². The minimum Gasteiger partial charge on any atom is -0.723 e. The minimum absolute atomic E-state index is 0. The van der Waals surface area contributed by atoms with Crippen molar-refractivity contribution in [2.75, 3.05) is 79.3 Å². The first-order chi connectivity index (χ1) is 50.0. The Morgan fingerprint density at radius 1 is 0.210 bits per heavy atom. The largest absolute Gasteiger partial charge is 4.00 e. The van der Waals surface area contributed by atoms with Crippen LogP contribution in [-0.2, 0) is 63.7 Å². The Balaban J connectivity index is 0.00000137. The summed E-state index contributed by atoms with van der Waals surface area (Å²) in [6, 6.07) is 14.8. The maximum atomic E-state index is 11.3. The fourth-order valence-electron chi connectivity index (χ4n) is 9.55. The number of benzene rings is 4. The molecule has 0 aliphatic rings. The molecular weight excluding hydrogens is 1380 g/mol. The molecule has 0 fully saturated rings. The van der Waals surface area contributed by atoms with E-state index in [0.29, 0.717) is 171 Å². The average molecular weight is 1520 g/mol. The van der Waals surface area contributed by atoms with E-state index in [1.165, 1.54) is 0 Å². The van der Waals surface area contributed by atoms with Gasteiger partial charge in [-0.05, 0) is 157 Å². The molecule has 0 heterocycles. The third kappa shape index (κ3) is 38.7. The molecule has 0 saturated heterocycles. The second-order valence-electron chi connectivity index (χ2n) is 28.0. The summed E-state index contributed by atoms with van der Waals surface area (Å²) in [5, 5.41) is 45.4. The zero-order chi connectivity index (χ0) is 77.7. The summed E-state index contributed by atoms with van der Waals surface area (Å²) in [5.41, 5.74) is -1.56. The summed E-state index contributed by atoms with van der Waals surface area (Å²) in [5.74, 6) is 7.48. The van der Waals surface area contributed by atoms with Crippen molar-refractivity contribution in [1.82, 2.24) is 0 Å². The zero-order valence-corrected chi connectivity index (χ0v) is 70.3. The predicted molar refractivity (Wildman–Crippen MR) is 407 cm³/mol. The predicted octanol–water partition coefficient (Wildman–Crippen LogP) is 19.0. The van der Waals surface area contributed by atoms with Crippen LogP contribution < -0.4 is 77.9 Å². The minimum atomic E-state index is -1.05. The molecule has 0 amide bonds. The molecule has 105 heavy (non-hydrogen) atoms. The molecule has 20 nitrogen and oxygen atoms in total. The van der Waals surface area contributed by atoms with Gasteiger partial charge < -0.3 is 97.4 Å². The van der Waals surface area contributed by atoms with Crippen LogP contribution in [0.15, 0.2) is 48.5 Å². The molecule has 0 bridgehead atoms. The van der Waals surface area contributed by atoms with E-state index in [1.54, 1.807) is 55.4 Å². The summed E-state index contributed by atoms with van der Waals surface area (Å²) in [6.45, 7) is 46.4. The van der Waals surface area contributed by atoms with Gasteiger partial charge in [-0.2, -0.15) is 0 Å². The van der Waals surface area contributed by atoms with E-state index < -0.39 is 22.4 Å². The van der Waals surface area contributed by atoms with E-state index in [9.17, 15) is 21.0 Å². The second-order valence-corrected chi connectivity index (χ2v) is 28.0. The van der Waals surface area contributed by atoms with Gasteiger partial charge in [0.05, 0.1) is 102 Å². The van der Waals surface area contributed by atoms with Crippen LogP contribution in [-0.4, -0.2) is 79.3 Å². The van der Waals surface area contributed by atoms with Crippen molar-refractivity contribution in [2.45, 2.75) is 315 Å². The van der Waals surface area contributed by atoms with Crippen molar-refractivity contribution in [2.24, 2.45) is 0 Å². The van der Waals surface area contributed by atoms with Gasteiger partial charge in [-0.1, -0.05) is 160 Å². The van der Waals surface area contributed by atoms with Crippen LogP contribution in [0, 0.1) is 0 Å². The molecule has 0 aliphatic heterocycles. The molecule has 0 N–H and O–H groups in total. The van der Waals surface area contributed by atoms with Crippen molar-refractivity contribution in [3.8, 4) is 69.0 Å². The molecule has 0 radical (unpaired) electrons. The van der Waals surface area contributed by atoms with Gasteiger partial charge in [0, 0.05) is 46.5 Å². The van der Waals surface area contributed by atoms with Crippen LogP contribution in [0.25, 0.3) is 0 Å². The summed E-state index contributed by atoms with van der Waals surface area (Å²) in [6.07, 6.45) is 23.9. The molecule has 4 aromatic carbocycles. The Morgan fingerprint density at radius 2 is 0.343 bits per heavy atom. The molecule has 4 rings (SSSR count). The normalized spacial score (nSPS) is 11.4. The Morgan fingerprint density at radius 3 is 0.476 bits per heavy atom. The second kappa shape index (κ2) is 58.8. The van der Waals surface area contributed by atoms with E-state index in [1.807, 2.05) is 48.5 Å². The first-order valence-electron chi connectivity index (χ1n) is 39.5. The zero-order valence-electron chi connectivity index (χ0n) is 68.7. The first kappa shape index (κ1) is 99.9. The molecule has 0 atom stereocenters. The maximum absolute atomic E-state index is 11.3. The quantitative estimate of drug-likeness (QED) is 0.0173. The number of ether oxygens (including phenoxy) is 12. The average Bonchev–Trinajstić information content (AvgIpc) is 0.817. The molecular formula is C84H140O20Ti. The summed E-state index contributed by atoms with van der Waals surface area (Å²) in [7, 11) is 0. The molecule has 0 aliphatic carbocycles. The number of unbranched alkanes of at least 4 members (excludes halogenated alkanes) is 12. The smallest absolute Gasteiger partial charge is 0.723 e. The van der Waals surface area contributed by atoms with Crippen LogP contribution in [0.3, 0.4) is 0 Å². The van der Waals surface area contributed by atoms with Gasteiger partial charge in [0.15, 0.2) is 46.0 Å². The van der Waals surface area contributed by atoms with E-state index >= 15 is 0 Å². The van der Waals surface area contributed by atoms with E-state index in [0.717, 1.165) is 154 Å². The van der Waals surface area contributed by atoms with E-state index in [2.05, 4.69) is 103 Å². The Labute approximate surface area is 649 Å². The molecule has 21 heteroatoms. The molecule has 600 valence electrons. The SMILES string of the molecule is CCCCOc1cc(OCCCC)c(OCCCC)c(C(C)(C)O[O-])c1.CCCCOc1cc(OCCCC)c(OCCCC)c(C(C)(C)O[O-])c1.CCCCOc1cc(OCCCC)c(OCCCC)c(C(C)(C)O[O-])c1.CCCCOc1cc(OCCCC)c(OCCCC)c(C(C)(C)O[O-])c1.[Ti+4]. The van der Waals surface area contributed by atoms with Gasteiger partial charge in [0.2, 0.25) is 0 Å². The Hall–Kier alpha value is -5.13. The summed E-state index contributed by atoms with van der Waals surface area (Å²) < 4.78 is 71.4. The molecule has 0 saturated carbocycles. The van der Waals surface area contributed by atoms with Crippen LogP contribution in [0.5, 0.6) is 69.0 Å². The monoisotopic (exact) mass is 1520 g/mol. The Kier molecular flexibility index (Phi) is 56.0. The van der Waals surface area contributed by atoms with Crippen molar-refractivity contribution >= 4 is 0 Å².